The number of carbonyl (C=O) groups excluding carboxylic acids is 1. The molecule has 0 aliphatic heterocycles. The average Bonchev–Trinajstić information content (AvgIpc) is 2.84. The minimum absolute atomic E-state index is 0.0990. The van der Waals surface area contributed by atoms with Gasteiger partial charge in [0.15, 0.2) is 0 Å². The third-order valence-corrected chi connectivity index (χ3v) is 8.58. The van der Waals surface area contributed by atoms with Crippen LogP contribution in [0, 0.1) is 0 Å². The Bertz CT molecular complexity index is 1230. The number of rotatable bonds is 10. The van der Waals surface area contributed by atoms with Gasteiger partial charge in [0.1, 0.15) is 5.75 Å². The Hall–Kier alpha value is -2.52. The molecule has 0 saturated heterocycles. The average molecular weight is 519 g/mol. The van der Waals surface area contributed by atoms with Gasteiger partial charge in [-0.1, -0.05) is 37.6 Å². The summed E-state index contributed by atoms with van der Waals surface area (Å²) < 4.78 is 32.5. The van der Waals surface area contributed by atoms with Crippen LogP contribution in [0.3, 0.4) is 0 Å². The first-order valence-corrected chi connectivity index (χ1v) is 13.6. The fraction of sp³-hybridized carbons (Fsp3) is 0.240. The Morgan fingerprint density at radius 1 is 1.00 bits per heavy atom. The van der Waals surface area contributed by atoms with Crippen LogP contribution in [0.2, 0.25) is 5.02 Å². The molecule has 0 aliphatic rings. The standard InChI is InChI=1S/C25H27ClN2O4S2/c1-4-28(5-2)34(30,31)22-14-15-24(32-3)23(16-22)27-25(29)19-8-6-18(7-9-19)17-33-21-12-10-20(26)11-13-21/h6-16H,4-5,17H2,1-3H3,(H,27,29). The van der Waals surface area contributed by atoms with E-state index in [9.17, 15) is 13.2 Å². The molecule has 3 aromatic rings. The molecule has 0 radical (unpaired) electrons. The van der Waals surface area contributed by atoms with Crippen molar-refractivity contribution in [2.75, 3.05) is 25.5 Å². The maximum absolute atomic E-state index is 12.9. The van der Waals surface area contributed by atoms with Crippen molar-refractivity contribution in [2.45, 2.75) is 29.4 Å². The molecule has 180 valence electrons. The summed E-state index contributed by atoms with van der Waals surface area (Å²) in [5, 5.41) is 3.48. The number of hydrogen-bond donors (Lipinski definition) is 1. The fourth-order valence-corrected chi connectivity index (χ4v) is 5.77. The highest BCUT2D eigenvalue weighted by atomic mass is 35.5. The van der Waals surface area contributed by atoms with Crippen molar-refractivity contribution in [1.82, 2.24) is 4.31 Å². The lowest BCUT2D eigenvalue weighted by molar-refractivity contribution is 0.102. The number of halogens is 1. The van der Waals surface area contributed by atoms with Crippen molar-refractivity contribution >= 4 is 45.0 Å². The molecule has 1 N–H and O–H groups in total. The second-order valence-electron chi connectivity index (χ2n) is 7.35. The van der Waals surface area contributed by atoms with Crippen LogP contribution in [0.1, 0.15) is 29.8 Å². The van der Waals surface area contributed by atoms with Crippen molar-refractivity contribution in [3.8, 4) is 5.75 Å². The first-order valence-electron chi connectivity index (χ1n) is 10.7. The second kappa shape index (κ2) is 11.8. The van der Waals surface area contributed by atoms with Gasteiger partial charge >= 0.3 is 0 Å². The normalized spacial score (nSPS) is 11.4. The number of thioether (sulfide) groups is 1. The van der Waals surface area contributed by atoms with E-state index in [1.165, 1.54) is 23.5 Å². The van der Waals surface area contributed by atoms with Crippen LogP contribution in [-0.4, -0.2) is 38.8 Å². The monoisotopic (exact) mass is 518 g/mol. The summed E-state index contributed by atoms with van der Waals surface area (Å²) in [6.45, 7) is 4.28. The Labute approximate surface area is 210 Å². The number of carbonyl (C=O) groups is 1. The lowest BCUT2D eigenvalue weighted by Gasteiger charge is -2.19. The van der Waals surface area contributed by atoms with Gasteiger partial charge in [0.2, 0.25) is 10.0 Å². The molecule has 0 bridgehead atoms. The molecule has 0 aliphatic carbocycles. The van der Waals surface area contributed by atoms with Crippen LogP contribution in [0.15, 0.2) is 76.5 Å². The van der Waals surface area contributed by atoms with Crippen LogP contribution >= 0.6 is 23.4 Å². The molecule has 34 heavy (non-hydrogen) atoms. The Morgan fingerprint density at radius 3 is 2.24 bits per heavy atom. The van der Waals surface area contributed by atoms with E-state index in [1.54, 1.807) is 43.8 Å². The molecule has 3 aromatic carbocycles. The molecule has 1 amide bonds. The van der Waals surface area contributed by atoms with Gasteiger partial charge in [0, 0.05) is 34.3 Å². The molecule has 3 rings (SSSR count). The maximum atomic E-state index is 12.9. The van der Waals surface area contributed by atoms with Gasteiger partial charge in [-0.15, -0.1) is 11.8 Å². The highest BCUT2D eigenvalue weighted by Crippen LogP contribution is 2.30. The minimum atomic E-state index is -3.67. The summed E-state index contributed by atoms with van der Waals surface area (Å²) in [5.41, 5.74) is 1.82. The SMILES string of the molecule is CCN(CC)S(=O)(=O)c1ccc(OC)c(NC(=O)c2ccc(CSc3ccc(Cl)cc3)cc2)c1. The van der Waals surface area contributed by atoms with E-state index in [1.807, 2.05) is 36.4 Å². The summed E-state index contributed by atoms with van der Waals surface area (Å²) in [7, 11) is -2.20. The highest BCUT2D eigenvalue weighted by molar-refractivity contribution is 7.98. The fourth-order valence-electron chi connectivity index (χ4n) is 3.30. The van der Waals surface area contributed by atoms with E-state index in [-0.39, 0.29) is 10.8 Å². The van der Waals surface area contributed by atoms with Crippen LogP contribution in [0.25, 0.3) is 0 Å². The predicted octanol–water partition coefficient (Wildman–Crippen LogP) is 5.92. The second-order valence-corrected chi connectivity index (χ2v) is 10.8. The van der Waals surface area contributed by atoms with Crippen LogP contribution in [0.4, 0.5) is 5.69 Å². The molecular formula is C25H27ClN2O4S2. The first-order chi connectivity index (χ1) is 16.3. The molecule has 0 heterocycles. The molecule has 0 fully saturated rings. The molecule has 0 atom stereocenters. The summed E-state index contributed by atoms with van der Waals surface area (Å²) in [4.78, 5) is 14.1. The van der Waals surface area contributed by atoms with Crippen LogP contribution in [0.5, 0.6) is 5.75 Å². The number of amides is 1. The summed E-state index contributed by atoms with van der Waals surface area (Å²) in [6, 6.07) is 19.4. The quantitative estimate of drug-likeness (QED) is 0.337. The number of nitrogens with one attached hydrogen (secondary N) is 1. The zero-order valence-electron chi connectivity index (χ0n) is 19.2. The number of hydrogen-bond acceptors (Lipinski definition) is 5. The number of nitrogens with zero attached hydrogens (tertiary/aromatic N) is 1. The van der Waals surface area contributed by atoms with E-state index < -0.39 is 10.0 Å². The van der Waals surface area contributed by atoms with Gasteiger partial charge in [0.05, 0.1) is 17.7 Å². The lowest BCUT2D eigenvalue weighted by atomic mass is 10.1. The zero-order chi connectivity index (χ0) is 24.7. The Balaban J connectivity index is 1.73. The van der Waals surface area contributed by atoms with Gasteiger partial charge in [-0.2, -0.15) is 4.31 Å². The molecule has 0 aromatic heterocycles. The summed E-state index contributed by atoms with van der Waals surface area (Å²) >= 11 is 7.60. The van der Waals surface area contributed by atoms with Crippen molar-refractivity contribution in [1.29, 1.82) is 0 Å². The third-order valence-electron chi connectivity index (χ3n) is 5.20. The predicted molar refractivity (Wildman–Crippen MR) is 139 cm³/mol. The molecule has 0 saturated carbocycles. The number of sulfonamides is 1. The van der Waals surface area contributed by atoms with Gasteiger partial charge < -0.3 is 10.1 Å². The summed E-state index contributed by atoms with van der Waals surface area (Å²) in [5.74, 6) is 0.776. The minimum Gasteiger partial charge on any atom is -0.495 e. The van der Waals surface area contributed by atoms with Gasteiger partial charge in [-0.3, -0.25) is 4.79 Å². The van der Waals surface area contributed by atoms with E-state index in [0.29, 0.717) is 35.1 Å². The smallest absolute Gasteiger partial charge is 0.255 e. The molecule has 0 unspecified atom stereocenters. The van der Waals surface area contributed by atoms with Crippen molar-refractivity contribution in [3.05, 3.63) is 82.9 Å². The largest absolute Gasteiger partial charge is 0.495 e. The number of benzene rings is 3. The van der Waals surface area contributed by atoms with Crippen LogP contribution in [-0.2, 0) is 15.8 Å². The highest BCUT2D eigenvalue weighted by Gasteiger charge is 2.23. The third kappa shape index (κ3) is 6.33. The molecule has 6 nitrogen and oxygen atoms in total. The van der Waals surface area contributed by atoms with Gasteiger partial charge in [-0.05, 0) is 60.2 Å². The Morgan fingerprint density at radius 2 is 1.65 bits per heavy atom. The molecule has 0 spiro atoms. The zero-order valence-corrected chi connectivity index (χ0v) is 21.6. The maximum Gasteiger partial charge on any atom is 0.255 e. The van der Waals surface area contributed by atoms with Crippen molar-refractivity contribution in [3.63, 3.8) is 0 Å². The van der Waals surface area contributed by atoms with E-state index in [4.69, 9.17) is 16.3 Å². The van der Waals surface area contributed by atoms with E-state index in [0.717, 1.165) is 16.2 Å². The molecule has 9 heteroatoms. The number of anilines is 1. The molecular weight excluding hydrogens is 492 g/mol. The first kappa shape index (κ1) is 26.1. The van der Waals surface area contributed by atoms with Crippen molar-refractivity contribution < 1.29 is 17.9 Å². The van der Waals surface area contributed by atoms with Crippen LogP contribution < -0.4 is 10.1 Å². The van der Waals surface area contributed by atoms with Gasteiger partial charge in [-0.25, -0.2) is 8.42 Å². The summed E-state index contributed by atoms with van der Waals surface area (Å²) in [6.07, 6.45) is 0. The number of ether oxygens (including phenoxy) is 1. The lowest BCUT2D eigenvalue weighted by Crippen LogP contribution is -2.30. The van der Waals surface area contributed by atoms with E-state index in [2.05, 4.69) is 5.32 Å². The van der Waals surface area contributed by atoms with Gasteiger partial charge in [0.25, 0.3) is 5.91 Å². The van der Waals surface area contributed by atoms with Crippen molar-refractivity contribution in [2.24, 2.45) is 0 Å². The van der Waals surface area contributed by atoms with E-state index >= 15 is 0 Å². The number of methoxy groups -OCH3 is 1. The topological polar surface area (TPSA) is 75.7 Å². The Kier molecular flexibility index (Phi) is 9.02.